The molecule has 2 aromatic rings. The Hall–Kier alpha value is -1.70. The van der Waals surface area contributed by atoms with Crippen LogP contribution < -0.4 is 5.32 Å². The third kappa shape index (κ3) is 4.90. The lowest BCUT2D eigenvalue weighted by Gasteiger charge is -2.34. The van der Waals surface area contributed by atoms with E-state index in [9.17, 15) is 9.59 Å². The molecule has 25 heavy (non-hydrogen) atoms. The molecular weight excluding hydrogens is 402 g/mol. The van der Waals surface area contributed by atoms with Crippen molar-refractivity contribution in [1.29, 1.82) is 0 Å². The Bertz CT molecular complexity index is 752. The van der Waals surface area contributed by atoms with E-state index in [0.717, 1.165) is 36.5 Å². The number of anilines is 1. The summed E-state index contributed by atoms with van der Waals surface area (Å²) in [6.45, 7) is 5.63. The highest BCUT2D eigenvalue weighted by Crippen LogP contribution is 2.23. The number of hydrogen-bond donors (Lipinski definition) is 1. The van der Waals surface area contributed by atoms with Crippen LogP contribution >= 0.6 is 27.3 Å². The van der Waals surface area contributed by atoms with Crippen molar-refractivity contribution in [2.24, 2.45) is 0 Å². The summed E-state index contributed by atoms with van der Waals surface area (Å²) in [4.78, 5) is 29.3. The van der Waals surface area contributed by atoms with Gasteiger partial charge in [0.1, 0.15) is 0 Å². The molecule has 0 saturated carbocycles. The first-order valence-corrected chi connectivity index (χ1v) is 9.76. The predicted octanol–water partition coefficient (Wildman–Crippen LogP) is 3.43. The van der Waals surface area contributed by atoms with Crippen LogP contribution in [0.4, 0.5) is 5.69 Å². The summed E-state index contributed by atoms with van der Waals surface area (Å²) < 4.78 is 1.15. The first-order valence-electron chi connectivity index (χ1n) is 8.15. The van der Waals surface area contributed by atoms with E-state index in [1.807, 2.05) is 4.90 Å². The number of benzene rings is 1. The summed E-state index contributed by atoms with van der Waals surface area (Å²) in [6.07, 6.45) is 0. The van der Waals surface area contributed by atoms with Crippen LogP contribution in [0.2, 0.25) is 0 Å². The molecule has 0 aliphatic carbocycles. The Morgan fingerprint density at radius 1 is 1.08 bits per heavy atom. The van der Waals surface area contributed by atoms with Crippen molar-refractivity contribution in [3.63, 3.8) is 0 Å². The van der Waals surface area contributed by atoms with Gasteiger partial charge in [-0.25, -0.2) is 0 Å². The number of nitrogens with zero attached hydrogens (tertiary/aromatic N) is 2. The summed E-state index contributed by atoms with van der Waals surface area (Å²) in [5, 5.41) is 2.71. The lowest BCUT2D eigenvalue weighted by Crippen LogP contribution is -2.48. The molecule has 0 spiro atoms. The van der Waals surface area contributed by atoms with E-state index in [1.54, 1.807) is 35.6 Å². The molecule has 0 bridgehead atoms. The average molecular weight is 422 g/mol. The molecule has 1 aromatic carbocycles. The van der Waals surface area contributed by atoms with Crippen LogP contribution in [-0.4, -0.2) is 47.8 Å². The van der Waals surface area contributed by atoms with Gasteiger partial charge >= 0.3 is 0 Å². The largest absolute Gasteiger partial charge is 0.336 e. The fourth-order valence-corrected chi connectivity index (χ4v) is 4.37. The van der Waals surface area contributed by atoms with E-state index in [1.165, 1.54) is 11.8 Å². The van der Waals surface area contributed by atoms with Gasteiger partial charge in [0.05, 0.1) is 3.79 Å². The molecule has 0 unspecified atom stereocenters. The number of halogens is 1. The molecule has 1 N–H and O–H groups in total. The second-order valence-corrected chi connectivity index (χ2v) is 8.58. The zero-order valence-electron chi connectivity index (χ0n) is 14.0. The number of thiophene rings is 1. The van der Waals surface area contributed by atoms with E-state index in [-0.39, 0.29) is 11.8 Å². The lowest BCUT2D eigenvalue weighted by molar-refractivity contribution is -0.114. The first-order chi connectivity index (χ1) is 12.0. The fraction of sp³-hybridized carbons (Fsp3) is 0.333. The zero-order chi connectivity index (χ0) is 17.8. The van der Waals surface area contributed by atoms with Gasteiger partial charge in [0.2, 0.25) is 5.91 Å². The van der Waals surface area contributed by atoms with Gasteiger partial charge in [0, 0.05) is 55.8 Å². The van der Waals surface area contributed by atoms with Crippen LogP contribution in [0.5, 0.6) is 0 Å². The predicted molar refractivity (Wildman–Crippen MR) is 104 cm³/mol. The summed E-state index contributed by atoms with van der Waals surface area (Å²) in [5.74, 6) is -0.0686. The van der Waals surface area contributed by atoms with Crippen molar-refractivity contribution in [2.45, 2.75) is 13.5 Å². The van der Waals surface area contributed by atoms with Gasteiger partial charge in [-0.2, -0.15) is 0 Å². The smallest absolute Gasteiger partial charge is 0.253 e. The summed E-state index contributed by atoms with van der Waals surface area (Å²) in [7, 11) is 0. The van der Waals surface area contributed by atoms with Crippen LogP contribution in [0, 0.1) is 0 Å². The minimum Gasteiger partial charge on any atom is -0.336 e. The molecule has 1 fully saturated rings. The molecule has 3 rings (SSSR count). The minimum absolute atomic E-state index is 0.0490. The van der Waals surface area contributed by atoms with Crippen LogP contribution in [-0.2, 0) is 11.3 Å². The third-order valence-corrected chi connectivity index (χ3v) is 5.73. The highest BCUT2D eigenvalue weighted by Gasteiger charge is 2.22. The number of piperazine rings is 1. The van der Waals surface area contributed by atoms with Crippen molar-refractivity contribution in [3.05, 3.63) is 50.6 Å². The monoisotopic (exact) mass is 421 g/mol. The van der Waals surface area contributed by atoms with Crippen molar-refractivity contribution >= 4 is 44.8 Å². The third-order valence-electron chi connectivity index (χ3n) is 4.12. The van der Waals surface area contributed by atoms with Crippen LogP contribution in [0.15, 0.2) is 40.2 Å². The first kappa shape index (κ1) is 18.1. The molecule has 2 heterocycles. The second-order valence-electron chi connectivity index (χ2n) is 6.03. The quantitative estimate of drug-likeness (QED) is 0.822. The Morgan fingerprint density at radius 2 is 1.76 bits per heavy atom. The van der Waals surface area contributed by atoms with Crippen molar-refractivity contribution in [1.82, 2.24) is 9.80 Å². The van der Waals surface area contributed by atoms with Crippen LogP contribution in [0.3, 0.4) is 0 Å². The van der Waals surface area contributed by atoms with Crippen molar-refractivity contribution < 1.29 is 9.59 Å². The van der Waals surface area contributed by atoms with Gasteiger partial charge in [-0.05, 0) is 52.3 Å². The Balaban J connectivity index is 1.53. The molecule has 1 aromatic heterocycles. The normalized spacial score (nSPS) is 15.2. The maximum atomic E-state index is 12.6. The number of hydrogen-bond acceptors (Lipinski definition) is 4. The van der Waals surface area contributed by atoms with Gasteiger partial charge in [0.25, 0.3) is 5.91 Å². The van der Waals surface area contributed by atoms with Gasteiger partial charge in [-0.1, -0.05) is 0 Å². The standard InChI is InChI=1S/C18H20BrN3O2S/c1-13(23)20-15-4-2-14(3-5-15)18(24)22-10-8-21(9-11-22)12-16-6-7-17(19)25-16/h2-7H,8-12H2,1H3,(H,20,23). The van der Waals surface area contributed by atoms with E-state index < -0.39 is 0 Å². The van der Waals surface area contributed by atoms with Crippen LogP contribution in [0.25, 0.3) is 0 Å². The topological polar surface area (TPSA) is 52.7 Å². The molecule has 1 aliphatic rings. The Kier molecular flexibility index (Phi) is 5.88. The highest BCUT2D eigenvalue weighted by atomic mass is 79.9. The number of nitrogens with one attached hydrogen (secondary N) is 1. The van der Waals surface area contributed by atoms with E-state index in [4.69, 9.17) is 0 Å². The Morgan fingerprint density at radius 3 is 2.32 bits per heavy atom. The van der Waals surface area contributed by atoms with Gasteiger partial charge in [0.15, 0.2) is 0 Å². The number of carbonyl (C=O) groups is 2. The molecule has 1 aliphatic heterocycles. The molecule has 7 heteroatoms. The second kappa shape index (κ2) is 8.12. The molecule has 132 valence electrons. The van der Waals surface area contributed by atoms with Gasteiger partial charge < -0.3 is 10.2 Å². The molecular formula is C18H20BrN3O2S. The summed E-state index contributed by atoms with van der Waals surface area (Å²) in [6, 6.07) is 11.3. The van der Waals surface area contributed by atoms with E-state index in [2.05, 4.69) is 38.3 Å². The number of amides is 2. The molecule has 2 amide bonds. The highest BCUT2D eigenvalue weighted by molar-refractivity contribution is 9.11. The van der Waals surface area contributed by atoms with E-state index >= 15 is 0 Å². The van der Waals surface area contributed by atoms with Gasteiger partial charge in [-0.15, -0.1) is 11.3 Å². The molecule has 0 radical (unpaired) electrons. The average Bonchev–Trinajstić information content (AvgIpc) is 3.00. The minimum atomic E-state index is -0.118. The SMILES string of the molecule is CC(=O)Nc1ccc(C(=O)N2CCN(Cc3ccc(Br)s3)CC2)cc1. The summed E-state index contributed by atoms with van der Waals surface area (Å²) >= 11 is 5.25. The zero-order valence-corrected chi connectivity index (χ0v) is 16.4. The molecule has 0 atom stereocenters. The van der Waals surface area contributed by atoms with Gasteiger partial charge in [-0.3, -0.25) is 14.5 Å². The maximum absolute atomic E-state index is 12.6. The fourth-order valence-electron chi connectivity index (χ4n) is 2.85. The summed E-state index contributed by atoms with van der Waals surface area (Å²) in [5.41, 5.74) is 1.36. The van der Waals surface area contributed by atoms with Crippen molar-refractivity contribution in [3.8, 4) is 0 Å². The number of carbonyl (C=O) groups excluding carboxylic acids is 2. The lowest BCUT2D eigenvalue weighted by atomic mass is 10.1. The molecule has 5 nitrogen and oxygen atoms in total. The van der Waals surface area contributed by atoms with Crippen molar-refractivity contribution in [2.75, 3.05) is 31.5 Å². The molecule has 1 saturated heterocycles. The maximum Gasteiger partial charge on any atom is 0.253 e. The number of rotatable bonds is 4. The van der Waals surface area contributed by atoms with E-state index in [0.29, 0.717) is 11.3 Å². The van der Waals surface area contributed by atoms with Crippen LogP contribution in [0.1, 0.15) is 22.2 Å². The Labute approximate surface area is 159 Å².